The molecule has 0 amide bonds. The van der Waals surface area contributed by atoms with Crippen LogP contribution in [-0.4, -0.2) is 11.1 Å². The zero-order valence-electron chi connectivity index (χ0n) is 10.3. The minimum atomic E-state index is 0.611. The molecule has 2 nitrogen and oxygen atoms in total. The van der Waals surface area contributed by atoms with Crippen molar-refractivity contribution >= 4 is 10.9 Å². The van der Waals surface area contributed by atoms with Crippen LogP contribution in [-0.2, 0) is 13.0 Å². The van der Waals surface area contributed by atoms with Gasteiger partial charge in [0.25, 0.3) is 0 Å². The van der Waals surface area contributed by atoms with Gasteiger partial charge < -0.3 is 9.88 Å². The number of benzene rings is 1. The molecule has 4 rings (SSSR count). The first kappa shape index (κ1) is 9.72. The monoisotopic (exact) mass is 226 g/mol. The van der Waals surface area contributed by atoms with E-state index < -0.39 is 0 Å². The van der Waals surface area contributed by atoms with E-state index in [-0.39, 0.29) is 0 Å². The maximum atomic E-state index is 3.67. The van der Waals surface area contributed by atoms with Crippen LogP contribution in [0.1, 0.15) is 35.7 Å². The van der Waals surface area contributed by atoms with E-state index in [1.165, 1.54) is 35.7 Å². The lowest BCUT2D eigenvalue weighted by Crippen LogP contribution is -2.35. The Morgan fingerprint density at radius 2 is 2.29 bits per heavy atom. The number of nitrogens with one attached hydrogen (secondary N) is 1. The molecule has 0 saturated heterocycles. The molecule has 0 bridgehead atoms. The van der Waals surface area contributed by atoms with Gasteiger partial charge in [0.1, 0.15) is 0 Å². The molecule has 1 atom stereocenters. The molecule has 0 unspecified atom stereocenters. The number of rotatable bonds is 0. The summed E-state index contributed by atoms with van der Waals surface area (Å²) in [5.74, 6) is 0. The molecule has 0 radical (unpaired) electrons. The normalized spacial score (nSPS) is 22.8. The summed E-state index contributed by atoms with van der Waals surface area (Å²) in [6.07, 6.45) is 3.90. The van der Waals surface area contributed by atoms with Crippen molar-refractivity contribution in [3.8, 4) is 0 Å². The summed E-state index contributed by atoms with van der Waals surface area (Å²) in [6, 6.07) is 7.54. The topological polar surface area (TPSA) is 17.0 Å². The first-order valence-electron chi connectivity index (χ1n) is 6.69. The second-order valence-corrected chi connectivity index (χ2v) is 5.43. The Kier molecular flexibility index (Phi) is 1.92. The van der Waals surface area contributed by atoms with Crippen molar-refractivity contribution in [2.45, 2.75) is 38.8 Å². The molecule has 1 aromatic heterocycles. The Bertz CT molecular complexity index is 592. The van der Waals surface area contributed by atoms with Crippen LogP contribution in [0, 0.1) is 6.92 Å². The molecule has 88 valence electrons. The quantitative estimate of drug-likeness (QED) is 0.731. The number of hydrogen-bond donors (Lipinski definition) is 1. The Labute approximate surface area is 102 Å². The minimum absolute atomic E-state index is 0.611. The van der Waals surface area contributed by atoms with Crippen molar-refractivity contribution in [2.75, 3.05) is 6.54 Å². The van der Waals surface area contributed by atoms with Crippen LogP contribution in [0.5, 0.6) is 0 Å². The van der Waals surface area contributed by atoms with E-state index in [0.29, 0.717) is 6.04 Å². The molecule has 0 spiro atoms. The number of hydrogen-bond acceptors (Lipinski definition) is 1. The van der Waals surface area contributed by atoms with Crippen LogP contribution in [0.3, 0.4) is 0 Å². The molecule has 2 heteroatoms. The second-order valence-electron chi connectivity index (χ2n) is 5.43. The first-order valence-corrected chi connectivity index (χ1v) is 6.69. The summed E-state index contributed by atoms with van der Waals surface area (Å²) in [7, 11) is 0. The van der Waals surface area contributed by atoms with Gasteiger partial charge in [-0.2, -0.15) is 0 Å². The smallest absolute Gasteiger partial charge is 0.0486 e. The summed E-state index contributed by atoms with van der Waals surface area (Å²) in [5, 5.41) is 5.18. The van der Waals surface area contributed by atoms with Crippen LogP contribution in [0.25, 0.3) is 10.9 Å². The highest BCUT2D eigenvalue weighted by Gasteiger charge is 2.29. The van der Waals surface area contributed by atoms with Gasteiger partial charge in [0, 0.05) is 35.7 Å². The molecular formula is C15H18N2. The average Bonchev–Trinajstić information content (AvgIpc) is 2.67. The Morgan fingerprint density at radius 1 is 1.35 bits per heavy atom. The SMILES string of the molecule is Cc1ccc2c(c1)c1c3n2CCN[C@@H]3CCC1. The second kappa shape index (κ2) is 3.36. The van der Waals surface area contributed by atoms with Gasteiger partial charge in [0.2, 0.25) is 0 Å². The van der Waals surface area contributed by atoms with E-state index in [4.69, 9.17) is 0 Å². The van der Waals surface area contributed by atoms with Crippen LogP contribution in [0.4, 0.5) is 0 Å². The largest absolute Gasteiger partial charge is 0.342 e. The van der Waals surface area contributed by atoms with E-state index >= 15 is 0 Å². The minimum Gasteiger partial charge on any atom is -0.342 e. The number of aromatic nitrogens is 1. The Balaban J connectivity index is 2.11. The summed E-state index contributed by atoms with van der Waals surface area (Å²) in [4.78, 5) is 0. The van der Waals surface area contributed by atoms with E-state index in [0.717, 1.165) is 13.1 Å². The molecule has 1 aliphatic carbocycles. The van der Waals surface area contributed by atoms with E-state index in [9.17, 15) is 0 Å². The predicted octanol–water partition coefficient (Wildman–Crippen LogP) is 2.93. The van der Waals surface area contributed by atoms with Crippen LogP contribution >= 0.6 is 0 Å². The zero-order valence-corrected chi connectivity index (χ0v) is 10.3. The zero-order chi connectivity index (χ0) is 11.4. The van der Waals surface area contributed by atoms with Gasteiger partial charge in [-0.3, -0.25) is 0 Å². The molecule has 1 N–H and O–H groups in total. The van der Waals surface area contributed by atoms with Crippen LogP contribution in [0.15, 0.2) is 18.2 Å². The summed E-state index contributed by atoms with van der Waals surface area (Å²) in [6.45, 7) is 4.45. The maximum Gasteiger partial charge on any atom is 0.0486 e. The molecular weight excluding hydrogens is 208 g/mol. The molecule has 0 fully saturated rings. The molecule has 1 aromatic carbocycles. The lowest BCUT2D eigenvalue weighted by atomic mass is 9.90. The molecule has 2 heterocycles. The van der Waals surface area contributed by atoms with E-state index in [2.05, 4.69) is 35.0 Å². The fraction of sp³-hybridized carbons (Fsp3) is 0.467. The van der Waals surface area contributed by atoms with E-state index in [1.54, 1.807) is 11.3 Å². The highest BCUT2D eigenvalue weighted by Crippen LogP contribution is 2.38. The fourth-order valence-electron chi connectivity index (χ4n) is 3.63. The predicted molar refractivity (Wildman–Crippen MR) is 70.4 cm³/mol. The van der Waals surface area contributed by atoms with Crippen molar-refractivity contribution in [3.05, 3.63) is 35.0 Å². The van der Waals surface area contributed by atoms with E-state index in [1.807, 2.05) is 0 Å². The summed E-state index contributed by atoms with van der Waals surface area (Å²) in [5.41, 5.74) is 6.04. The van der Waals surface area contributed by atoms with Gasteiger partial charge in [0.15, 0.2) is 0 Å². The molecule has 0 saturated carbocycles. The third-order valence-electron chi connectivity index (χ3n) is 4.34. The molecule has 2 aliphatic rings. The van der Waals surface area contributed by atoms with Gasteiger partial charge >= 0.3 is 0 Å². The van der Waals surface area contributed by atoms with Gasteiger partial charge in [-0.05, 0) is 43.9 Å². The Hall–Kier alpha value is -1.28. The summed E-state index contributed by atoms with van der Waals surface area (Å²) >= 11 is 0. The third kappa shape index (κ3) is 1.25. The first-order chi connectivity index (χ1) is 8.34. The van der Waals surface area contributed by atoms with Gasteiger partial charge in [-0.1, -0.05) is 11.6 Å². The average molecular weight is 226 g/mol. The van der Waals surface area contributed by atoms with Gasteiger partial charge in [-0.15, -0.1) is 0 Å². The maximum absolute atomic E-state index is 3.67. The fourth-order valence-corrected chi connectivity index (χ4v) is 3.63. The van der Waals surface area contributed by atoms with Gasteiger partial charge in [0.05, 0.1) is 0 Å². The number of aryl methyl sites for hydroxylation is 2. The lowest BCUT2D eigenvalue weighted by molar-refractivity contribution is 0.384. The Morgan fingerprint density at radius 3 is 3.24 bits per heavy atom. The lowest BCUT2D eigenvalue weighted by Gasteiger charge is -2.31. The van der Waals surface area contributed by atoms with Crippen molar-refractivity contribution in [1.29, 1.82) is 0 Å². The van der Waals surface area contributed by atoms with Crippen molar-refractivity contribution < 1.29 is 0 Å². The molecule has 1 aliphatic heterocycles. The third-order valence-corrected chi connectivity index (χ3v) is 4.34. The highest BCUT2D eigenvalue weighted by atomic mass is 15.1. The molecule has 2 aromatic rings. The van der Waals surface area contributed by atoms with Gasteiger partial charge in [-0.25, -0.2) is 0 Å². The standard InChI is InChI=1S/C15H18N2/c1-10-5-6-14-12(9-10)11-3-2-4-13-15(11)17(14)8-7-16-13/h5-6,9,13,16H,2-4,7-8H2,1H3/t13-/m1/s1. The van der Waals surface area contributed by atoms with Crippen molar-refractivity contribution in [3.63, 3.8) is 0 Å². The highest BCUT2D eigenvalue weighted by molar-refractivity contribution is 5.87. The van der Waals surface area contributed by atoms with Crippen LogP contribution < -0.4 is 5.32 Å². The summed E-state index contributed by atoms with van der Waals surface area (Å²) < 4.78 is 2.56. The van der Waals surface area contributed by atoms with Crippen molar-refractivity contribution in [2.24, 2.45) is 0 Å². The number of nitrogens with zero attached hydrogens (tertiary/aromatic N) is 1. The molecule has 17 heavy (non-hydrogen) atoms. The number of fused-ring (bicyclic) bond motifs is 3. The van der Waals surface area contributed by atoms with Crippen molar-refractivity contribution in [1.82, 2.24) is 9.88 Å². The van der Waals surface area contributed by atoms with Crippen LogP contribution in [0.2, 0.25) is 0 Å².